The molecule has 34 heavy (non-hydrogen) atoms. The van der Waals surface area contributed by atoms with Crippen LogP contribution in [0.15, 0.2) is 84.0 Å². The predicted molar refractivity (Wildman–Crippen MR) is 131 cm³/mol. The van der Waals surface area contributed by atoms with Crippen LogP contribution in [-0.2, 0) is 4.79 Å². The van der Waals surface area contributed by atoms with Gasteiger partial charge >= 0.3 is 0 Å². The van der Waals surface area contributed by atoms with E-state index in [-0.39, 0.29) is 5.75 Å². The van der Waals surface area contributed by atoms with Gasteiger partial charge in [0, 0.05) is 16.3 Å². The third-order valence-electron chi connectivity index (χ3n) is 4.75. The van der Waals surface area contributed by atoms with E-state index >= 15 is 0 Å². The van der Waals surface area contributed by atoms with Crippen molar-refractivity contribution in [1.29, 1.82) is 0 Å². The minimum absolute atomic E-state index is 0.00666. The first kappa shape index (κ1) is 23.3. The zero-order chi connectivity index (χ0) is 23.9. The highest BCUT2D eigenvalue weighted by atomic mass is 35.5. The highest BCUT2D eigenvalue weighted by Gasteiger charge is 2.20. The maximum atomic E-state index is 12.4. The van der Waals surface area contributed by atoms with Gasteiger partial charge in [0.15, 0.2) is 11.0 Å². The third kappa shape index (κ3) is 5.38. The number of methoxy groups -OCH3 is 1. The van der Waals surface area contributed by atoms with Gasteiger partial charge in [0.2, 0.25) is 5.91 Å². The van der Waals surface area contributed by atoms with Gasteiger partial charge in [-0.15, -0.1) is 10.2 Å². The lowest BCUT2D eigenvalue weighted by atomic mass is 10.2. The van der Waals surface area contributed by atoms with Crippen molar-refractivity contribution < 1.29 is 14.3 Å². The Kier molecular flexibility index (Phi) is 7.46. The molecule has 0 atom stereocenters. The zero-order valence-electron chi connectivity index (χ0n) is 18.1. The molecule has 4 rings (SSSR count). The van der Waals surface area contributed by atoms with Crippen LogP contribution in [0.5, 0.6) is 5.75 Å². The number of hydrogen-bond acceptors (Lipinski definition) is 6. The molecule has 0 aliphatic rings. The number of hydrazine groups is 1. The second-order valence-corrected chi connectivity index (χ2v) is 8.35. The minimum atomic E-state index is -0.401. The van der Waals surface area contributed by atoms with Gasteiger partial charge < -0.3 is 4.74 Å². The van der Waals surface area contributed by atoms with Gasteiger partial charge in [-0.3, -0.25) is 25.0 Å². The summed E-state index contributed by atoms with van der Waals surface area (Å²) in [6, 6.07) is 23.3. The molecule has 0 unspecified atom stereocenters. The lowest BCUT2D eigenvalue weighted by molar-refractivity contribution is -0.119. The molecule has 0 aliphatic carbocycles. The highest BCUT2D eigenvalue weighted by Crippen LogP contribution is 2.33. The average molecular weight is 494 g/mol. The number of nitrogens with one attached hydrogen (secondary N) is 2. The van der Waals surface area contributed by atoms with Crippen molar-refractivity contribution in [3.05, 3.63) is 89.4 Å². The molecule has 10 heteroatoms. The van der Waals surface area contributed by atoms with Gasteiger partial charge in [0.25, 0.3) is 5.91 Å². The van der Waals surface area contributed by atoms with E-state index in [0.29, 0.717) is 27.3 Å². The zero-order valence-corrected chi connectivity index (χ0v) is 19.6. The summed E-state index contributed by atoms with van der Waals surface area (Å²) >= 11 is 7.25. The second kappa shape index (κ2) is 10.9. The van der Waals surface area contributed by atoms with E-state index in [1.165, 1.54) is 11.8 Å². The van der Waals surface area contributed by atoms with Crippen LogP contribution in [0.25, 0.3) is 17.1 Å². The first-order valence-corrected chi connectivity index (χ1v) is 11.5. The van der Waals surface area contributed by atoms with Crippen LogP contribution >= 0.6 is 23.4 Å². The van der Waals surface area contributed by atoms with Crippen molar-refractivity contribution in [1.82, 2.24) is 25.6 Å². The maximum absolute atomic E-state index is 12.4. The number of nitrogens with zero attached hydrogens (tertiary/aromatic N) is 3. The summed E-state index contributed by atoms with van der Waals surface area (Å²) in [4.78, 5) is 24.5. The molecule has 3 aromatic carbocycles. The average Bonchev–Trinajstić information content (AvgIpc) is 3.30. The first-order chi connectivity index (χ1) is 16.6. The van der Waals surface area contributed by atoms with Crippen LogP contribution in [0.2, 0.25) is 5.02 Å². The molecular weight excluding hydrogens is 474 g/mol. The van der Waals surface area contributed by atoms with E-state index in [1.807, 2.05) is 47.0 Å². The molecule has 8 nitrogen and oxygen atoms in total. The smallest absolute Gasteiger partial charge is 0.269 e. The minimum Gasteiger partial charge on any atom is -0.496 e. The summed E-state index contributed by atoms with van der Waals surface area (Å²) < 4.78 is 7.32. The number of thioether (sulfide) groups is 1. The van der Waals surface area contributed by atoms with Crippen LogP contribution < -0.4 is 15.6 Å². The Morgan fingerprint density at radius 2 is 1.65 bits per heavy atom. The van der Waals surface area contributed by atoms with E-state index < -0.39 is 11.8 Å². The van der Waals surface area contributed by atoms with E-state index in [0.717, 1.165) is 11.3 Å². The lowest BCUT2D eigenvalue weighted by Gasteiger charge is -2.12. The van der Waals surface area contributed by atoms with Crippen LogP contribution in [0.3, 0.4) is 0 Å². The summed E-state index contributed by atoms with van der Waals surface area (Å²) in [7, 11) is 1.59. The van der Waals surface area contributed by atoms with Crippen LogP contribution in [0, 0.1) is 0 Å². The molecule has 1 heterocycles. The Hall–Kier alpha value is -3.82. The molecule has 0 saturated heterocycles. The quantitative estimate of drug-likeness (QED) is 0.296. The molecule has 4 aromatic rings. The van der Waals surface area contributed by atoms with Gasteiger partial charge in [-0.25, -0.2) is 0 Å². The predicted octanol–water partition coefficient (Wildman–Crippen LogP) is 4.15. The number of halogens is 1. The number of para-hydroxylation sites is 1. The van der Waals surface area contributed by atoms with E-state index in [1.54, 1.807) is 43.5 Å². The SMILES string of the molecule is COc1ccccc1-c1nnc(SCC(=O)NNC(=O)c2ccccc2)n1-c1ccc(Cl)cc1. The Morgan fingerprint density at radius 1 is 0.941 bits per heavy atom. The van der Waals surface area contributed by atoms with Crippen molar-refractivity contribution in [2.45, 2.75) is 5.16 Å². The second-order valence-electron chi connectivity index (χ2n) is 6.98. The fourth-order valence-corrected chi connectivity index (χ4v) is 4.02. The number of benzene rings is 3. The van der Waals surface area contributed by atoms with E-state index in [4.69, 9.17) is 16.3 Å². The lowest BCUT2D eigenvalue weighted by Crippen LogP contribution is -2.42. The molecular formula is C24H20ClN5O3S. The largest absolute Gasteiger partial charge is 0.496 e. The third-order valence-corrected chi connectivity index (χ3v) is 5.93. The van der Waals surface area contributed by atoms with Crippen LogP contribution in [0.1, 0.15) is 10.4 Å². The molecule has 0 spiro atoms. The van der Waals surface area contributed by atoms with Crippen LogP contribution in [-0.4, -0.2) is 39.4 Å². The summed E-state index contributed by atoms with van der Waals surface area (Å²) in [6.45, 7) is 0. The summed E-state index contributed by atoms with van der Waals surface area (Å²) in [5.41, 5.74) is 6.79. The first-order valence-electron chi connectivity index (χ1n) is 10.2. The molecule has 1 aromatic heterocycles. The van der Waals surface area contributed by atoms with Crippen molar-refractivity contribution in [3.8, 4) is 22.8 Å². The van der Waals surface area contributed by atoms with Gasteiger partial charge in [0.05, 0.1) is 18.4 Å². The van der Waals surface area contributed by atoms with E-state index in [2.05, 4.69) is 21.0 Å². The summed E-state index contributed by atoms with van der Waals surface area (Å²) in [5, 5.41) is 9.75. The van der Waals surface area contributed by atoms with Crippen LogP contribution in [0.4, 0.5) is 0 Å². The normalized spacial score (nSPS) is 10.5. The maximum Gasteiger partial charge on any atom is 0.269 e. The van der Waals surface area contributed by atoms with Crippen molar-refractivity contribution in [2.24, 2.45) is 0 Å². The topological polar surface area (TPSA) is 98.1 Å². The Bertz CT molecular complexity index is 1300. The molecule has 172 valence electrons. The van der Waals surface area contributed by atoms with Gasteiger partial charge in [-0.05, 0) is 48.5 Å². The molecule has 0 aliphatic heterocycles. The number of ether oxygens (including phenoxy) is 1. The molecule has 2 amide bonds. The van der Waals surface area contributed by atoms with Gasteiger partial charge in [0.1, 0.15) is 5.75 Å². The standard InChI is InChI=1S/C24H20ClN5O3S/c1-33-20-10-6-5-9-19(20)22-27-29-24(30(22)18-13-11-17(25)12-14-18)34-15-21(31)26-28-23(32)16-7-3-2-4-8-16/h2-14H,15H2,1H3,(H,26,31)(H,28,32). The van der Waals surface area contributed by atoms with Crippen molar-refractivity contribution in [3.63, 3.8) is 0 Å². The molecule has 2 N–H and O–H groups in total. The van der Waals surface area contributed by atoms with E-state index in [9.17, 15) is 9.59 Å². The summed E-state index contributed by atoms with van der Waals surface area (Å²) in [6.07, 6.45) is 0. The Balaban J connectivity index is 1.53. The molecule has 0 fully saturated rings. The van der Waals surface area contributed by atoms with Gasteiger partial charge in [-0.1, -0.05) is 53.7 Å². The monoisotopic (exact) mass is 493 g/mol. The number of carbonyl (C=O) groups is 2. The highest BCUT2D eigenvalue weighted by molar-refractivity contribution is 7.99. The fourth-order valence-electron chi connectivity index (χ4n) is 3.14. The molecule has 0 saturated carbocycles. The Labute approximate surface area is 205 Å². The van der Waals surface area contributed by atoms with Crippen molar-refractivity contribution in [2.75, 3.05) is 12.9 Å². The number of rotatable bonds is 7. The fraction of sp³-hybridized carbons (Fsp3) is 0.0833. The number of aromatic nitrogens is 3. The van der Waals surface area contributed by atoms with Crippen molar-refractivity contribution >= 4 is 35.2 Å². The number of carbonyl (C=O) groups excluding carboxylic acids is 2. The van der Waals surface area contributed by atoms with Gasteiger partial charge in [-0.2, -0.15) is 0 Å². The number of amides is 2. The Morgan fingerprint density at radius 3 is 2.38 bits per heavy atom. The molecule has 0 radical (unpaired) electrons. The molecule has 0 bridgehead atoms. The number of hydrogen-bond donors (Lipinski definition) is 2. The summed E-state index contributed by atoms with van der Waals surface area (Å²) in [5.74, 6) is 0.413.